The Morgan fingerprint density at radius 2 is 2.25 bits per heavy atom. The molecular weight excluding hydrogens is 272 g/mol. The SMILES string of the molecule is Cc1ncc(Br)c(=O)n1CCOCC(C)C. The van der Waals surface area contributed by atoms with Crippen LogP contribution in [0.3, 0.4) is 0 Å². The summed E-state index contributed by atoms with van der Waals surface area (Å²) in [6.45, 7) is 7.81. The topological polar surface area (TPSA) is 44.1 Å². The first kappa shape index (κ1) is 13.4. The molecule has 1 heterocycles. The van der Waals surface area contributed by atoms with Gasteiger partial charge in [0.05, 0.1) is 13.2 Å². The van der Waals surface area contributed by atoms with E-state index in [1.54, 1.807) is 4.57 Å². The van der Waals surface area contributed by atoms with Crippen LogP contribution < -0.4 is 5.56 Å². The van der Waals surface area contributed by atoms with Crippen LogP contribution in [0.5, 0.6) is 0 Å². The molecule has 0 aliphatic heterocycles. The molecule has 0 amide bonds. The van der Waals surface area contributed by atoms with Gasteiger partial charge in [-0.2, -0.15) is 0 Å². The largest absolute Gasteiger partial charge is 0.379 e. The van der Waals surface area contributed by atoms with E-state index in [9.17, 15) is 4.79 Å². The van der Waals surface area contributed by atoms with Crippen molar-refractivity contribution in [2.45, 2.75) is 27.3 Å². The molecule has 0 aliphatic rings. The number of aromatic nitrogens is 2. The lowest BCUT2D eigenvalue weighted by Crippen LogP contribution is -2.26. The van der Waals surface area contributed by atoms with Crippen LogP contribution in [0.1, 0.15) is 19.7 Å². The Morgan fingerprint density at radius 1 is 1.56 bits per heavy atom. The third-order valence-corrected chi connectivity index (χ3v) is 2.66. The Labute approximate surface area is 104 Å². The Kier molecular flexibility index (Phi) is 5.15. The summed E-state index contributed by atoms with van der Waals surface area (Å²) >= 11 is 3.18. The Bertz CT molecular complexity index is 401. The molecule has 0 saturated heterocycles. The highest BCUT2D eigenvalue weighted by Crippen LogP contribution is 2.01. The monoisotopic (exact) mass is 288 g/mol. The van der Waals surface area contributed by atoms with Gasteiger partial charge in [0.25, 0.3) is 5.56 Å². The van der Waals surface area contributed by atoms with Crippen molar-refractivity contribution >= 4 is 15.9 Å². The minimum Gasteiger partial charge on any atom is -0.379 e. The smallest absolute Gasteiger partial charge is 0.267 e. The Balaban J connectivity index is 2.60. The maximum absolute atomic E-state index is 11.7. The van der Waals surface area contributed by atoms with Crippen molar-refractivity contribution in [2.24, 2.45) is 5.92 Å². The first-order valence-corrected chi connectivity index (χ1v) is 6.11. The van der Waals surface area contributed by atoms with E-state index in [1.807, 2.05) is 6.92 Å². The molecule has 0 aliphatic carbocycles. The zero-order valence-electron chi connectivity index (χ0n) is 9.86. The van der Waals surface area contributed by atoms with Gasteiger partial charge in [0.2, 0.25) is 0 Å². The molecule has 0 spiro atoms. The quantitative estimate of drug-likeness (QED) is 0.779. The molecule has 4 nitrogen and oxygen atoms in total. The van der Waals surface area contributed by atoms with E-state index in [0.717, 1.165) is 6.61 Å². The number of rotatable bonds is 5. The summed E-state index contributed by atoms with van der Waals surface area (Å²) in [5, 5.41) is 0. The van der Waals surface area contributed by atoms with Crippen LogP contribution in [0.15, 0.2) is 15.5 Å². The maximum Gasteiger partial charge on any atom is 0.267 e. The predicted molar refractivity (Wildman–Crippen MR) is 66.6 cm³/mol. The van der Waals surface area contributed by atoms with Crippen LogP contribution in [0.25, 0.3) is 0 Å². The summed E-state index contributed by atoms with van der Waals surface area (Å²) in [5.74, 6) is 1.22. The van der Waals surface area contributed by atoms with E-state index in [4.69, 9.17) is 4.74 Å². The molecule has 0 saturated carbocycles. The van der Waals surface area contributed by atoms with Crippen LogP contribution in [0.4, 0.5) is 0 Å². The first-order chi connectivity index (χ1) is 7.52. The molecule has 5 heteroatoms. The summed E-state index contributed by atoms with van der Waals surface area (Å²) in [5.41, 5.74) is -0.0550. The van der Waals surface area contributed by atoms with Crippen molar-refractivity contribution in [3.8, 4) is 0 Å². The molecule has 1 aromatic heterocycles. The minimum atomic E-state index is -0.0550. The zero-order chi connectivity index (χ0) is 12.1. The lowest BCUT2D eigenvalue weighted by atomic mass is 10.2. The number of ether oxygens (including phenoxy) is 1. The maximum atomic E-state index is 11.7. The van der Waals surface area contributed by atoms with Crippen molar-refractivity contribution in [3.05, 3.63) is 26.8 Å². The molecule has 0 bridgehead atoms. The third kappa shape index (κ3) is 3.72. The molecule has 0 atom stereocenters. The van der Waals surface area contributed by atoms with Gasteiger partial charge in [-0.25, -0.2) is 4.98 Å². The Morgan fingerprint density at radius 3 is 2.88 bits per heavy atom. The fourth-order valence-electron chi connectivity index (χ4n) is 1.29. The number of hydrogen-bond acceptors (Lipinski definition) is 3. The first-order valence-electron chi connectivity index (χ1n) is 5.32. The average molecular weight is 289 g/mol. The molecule has 0 unspecified atom stereocenters. The van der Waals surface area contributed by atoms with Gasteiger partial charge < -0.3 is 4.74 Å². The predicted octanol–water partition coefficient (Wildman–Crippen LogP) is 1.99. The molecule has 1 rings (SSSR count). The van der Waals surface area contributed by atoms with Crippen molar-refractivity contribution in [1.29, 1.82) is 0 Å². The second kappa shape index (κ2) is 6.15. The van der Waals surface area contributed by atoms with Gasteiger partial charge in [0, 0.05) is 12.8 Å². The van der Waals surface area contributed by atoms with Crippen molar-refractivity contribution in [1.82, 2.24) is 9.55 Å². The van der Waals surface area contributed by atoms with Gasteiger partial charge in [0.15, 0.2) is 0 Å². The van der Waals surface area contributed by atoms with Crippen LogP contribution in [0.2, 0.25) is 0 Å². The lowest BCUT2D eigenvalue weighted by Gasteiger charge is -2.10. The average Bonchev–Trinajstić information content (AvgIpc) is 2.22. The number of halogens is 1. The van der Waals surface area contributed by atoms with Gasteiger partial charge in [-0.15, -0.1) is 0 Å². The van der Waals surface area contributed by atoms with E-state index in [1.165, 1.54) is 6.20 Å². The number of aryl methyl sites for hydroxylation is 1. The molecule has 0 N–H and O–H groups in total. The van der Waals surface area contributed by atoms with E-state index in [2.05, 4.69) is 34.8 Å². The van der Waals surface area contributed by atoms with Gasteiger partial charge >= 0.3 is 0 Å². The van der Waals surface area contributed by atoms with E-state index in [-0.39, 0.29) is 5.56 Å². The lowest BCUT2D eigenvalue weighted by molar-refractivity contribution is 0.102. The summed E-state index contributed by atoms with van der Waals surface area (Å²) in [6, 6.07) is 0. The molecule has 90 valence electrons. The molecule has 0 aromatic carbocycles. The molecule has 16 heavy (non-hydrogen) atoms. The normalized spacial score (nSPS) is 11.1. The summed E-state index contributed by atoms with van der Waals surface area (Å²) in [6.07, 6.45) is 1.53. The highest BCUT2D eigenvalue weighted by molar-refractivity contribution is 9.10. The molecule has 0 fully saturated rings. The van der Waals surface area contributed by atoms with Crippen molar-refractivity contribution in [3.63, 3.8) is 0 Å². The minimum absolute atomic E-state index is 0.0550. The number of hydrogen-bond donors (Lipinski definition) is 0. The van der Waals surface area contributed by atoms with Crippen molar-refractivity contribution in [2.75, 3.05) is 13.2 Å². The third-order valence-electron chi connectivity index (χ3n) is 2.12. The Hall–Kier alpha value is -0.680. The second-order valence-electron chi connectivity index (χ2n) is 4.08. The van der Waals surface area contributed by atoms with E-state index < -0.39 is 0 Å². The highest BCUT2D eigenvalue weighted by Gasteiger charge is 2.05. The number of nitrogens with zero attached hydrogens (tertiary/aromatic N) is 2. The van der Waals surface area contributed by atoms with Crippen LogP contribution in [0, 0.1) is 12.8 Å². The van der Waals surface area contributed by atoms with E-state index >= 15 is 0 Å². The van der Waals surface area contributed by atoms with Crippen LogP contribution >= 0.6 is 15.9 Å². The van der Waals surface area contributed by atoms with Gasteiger partial charge in [-0.05, 0) is 28.8 Å². The van der Waals surface area contributed by atoms with Gasteiger partial charge in [-0.3, -0.25) is 9.36 Å². The highest BCUT2D eigenvalue weighted by atomic mass is 79.9. The summed E-state index contributed by atoms with van der Waals surface area (Å²) in [7, 11) is 0. The summed E-state index contributed by atoms with van der Waals surface area (Å²) < 4.78 is 7.55. The van der Waals surface area contributed by atoms with Crippen LogP contribution in [-0.2, 0) is 11.3 Å². The van der Waals surface area contributed by atoms with Gasteiger partial charge in [0.1, 0.15) is 10.3 Å². The van der Waals surface area contributed by atoms with Crippen LogP contribution in [-0.4, -0.2) is 22.8 Å². The fraction of sp³-hybridized carbons (Fsp3) is 0.636. The zero-order valence-corrected chi connectivity index (χ0v) is 11.5. The molecule has 1 aromatic rings. The molecular formula is C11H17BrN2O2. The fourth-order valence-corrected chi connectivity index (χ4v) is 1.61. The van der Waals surface area contributed by atoms with E-state index in [0.29, 0.717) is 29.4 Å². The molecule has 0 radical (unpaired) electrons. The summed E-state index contributed by atoms with van der Waals surface area (Å²) in [4.78, 5) is 15.9. The second-order valence-corrected chi connectivity index (χ2v) is 4.93. The standard InChI is InChI=1S/C11H17BrN2O2/c1-8(2)7-16-5-4-14-9(3)13-6-10(12)11(14)15/h6,8H,4-5,7H2,1-3H3. The van der Waals surface area contributed by atoms with Crippen molar-refractivity contribution < 1.29 is 4.74 Å². The van der Waals surface area contributed by atoms with Gasteiger partial charge in [-0.1, -0.05) is 13.8 Å².